The van der Waals surface area contributed by atoms with Crippen LogP contribution in [-0.4, -0.2) is 18.1 Å². The number of hydrogen-bond acceptors (Lipinski definition) is 2. The lowest BCUT2D eigenvalue weighted by Gasteiger charge is -2.17. The van der Waals surface area contributed by atoms with Gasteiger partial charge in [0.15, 0.2) is 0 Å². The van der Waals surface area contributed by atoms with Gasteiger partial charge in [0, 0.05) is 18.3 Å². The standard InChI is InChI=1S/C15H21NS/c1-5-9-17-10-8-16-14(4)15-11-12(2)6-7-13(15)3/h1,6-7,11,14,16H,8-10H2,2-4H3. The van der Waals surface area contributed by atoms with Gasteiger partial charge < -0.3 is 5.32 Å². The fourth-order valence-electron chi connectivity index (χ4n) is 1.82. The molecule has 1 N–H and O–H groups in total. The summed E-state index contributed by atoms with van der Waals surface area (Å²) < 4.78 is 0. The number of aryl methyl sites for hydroxylation is 2. The summed E-state index contributed by atoms with van der Waals surface area (Å²) in [6.45, 7) is 7.52. The summed E-state index contributed by atoms with van der Waals surface area (Å²) in [6.07, 6.45) is 5.21. The van der Waals surface area contributed by atoms with Crippen LogP contribution in [0, 0.1) is 26.2 Å². The molecular weight excluding hydrogens is 226 g/mol. The SMILES string of the molecule is C#CCSCCNC(C)c1cc(C)ccc1C. The number of nitrogens with one attached hydrogen (secondary N) is 1. The van der Waals surface area contributed by atoms with E-state index in [1.54, 1.807) is 11.8 Å². The molecular formula is C15H21NS. The molecule has 1 unspecified atom stereocenters. The zero-order valence-electron chi connectivity index (χ0n) is 10.9. The first-order valence-electron chi connectivity index (χ1n) is 5.97. The highest BCUT2D eigenvalue weighted by Crippen LogP contribution is 2.18. The molecule has 2 heteroatoms. The Morgan fingerprint density at radius 1 is 1.41 bits per heavy atom. The van der Waals surface area contributed by atoms with E-state index >= 15 is 0 Å². The van der Waals surface area contributed by atoms with Gasteiger partial charge in [0.1, 0.15) is 0 Å². The molecule has 0 aliphatic carbocycles. The number of hydrogen-bond donors (Lipinski definition) is 1. The van der Waals surface area contributed by atoms with Crippen LogP contribution in [0.2, 0.25) is 0 Å². The molecule has 1 aromatic carbocycles. The van der Waals surface area contributed by atoms with Crippen LogP contribution in [0.5, 0.6) is 0 Å². The van der Waals surface area contributed by atoms with E-state index in [1.165, 1.54) is 16.7 Å². The second-order valence-corrected chi connectivity index (χ2v) is 5.40. The fourth-order valence-corrected chi connectivity index (χ4v) is 2.34. The average molecular weight is 247 g/mol. The third kappa shape index (κ3) is 4.85. The number of rotatable bonds is 6. The maximum atomic E-state index is 5.21. The summed E-state index contributed by atoms with van der Waals surface area (Å²) >= 11 is 1.80. The molecule has 0 fully saturated rings. The monoisotopic (exact) mass is 247 g/mol. The Balaban J connectivity index is 2.44. The van der Waals surface area contributed by atoms with Gasteiger partial charge in [-0.05, 0) is 31.9 Å². The van der Waals surface area contributed by atoms with Gasteiger partial charge in [-0.15, -0.1) is 18.2 Å². The van der Waals surface area contributed by atoms with E-state index in [4.69, 9.17) is 6.42 Å². The van der Waals surface area contributed by atoms with Gasteiger partial charge in [-0.1, -0.05) is 29.7 Å². The van der Waals surface area contributed by atoms with Crippen molar-refractivity contribution in [3.63, 3.8) is 0 Å². The highest BCUT2D eigenvalue weighted by Gasteiger charge is 2.07. The highest BCUT2D eigenvalue weighted by atomic mass is 32.2. The van der Waals surface area contributed by atoms with Crippen molar-refractivity contribution in [2.75, 3.05) is 18.1 Å². The molecule has 1 rings (SSSR count). The molecule has 0 spiro atoms. The lowest BCUT2D eigenvalue weighted by atomic mass is 10.00. The summed E-state index contributed by atoms with van der Waals surface area (Å²) in [5.74, 6) is 4.51. The van der Waals surface area contributed by atoms with Gasteiger partial charge >= 0.3 is 0 Å². The zero-order valence-corrected chi connectivity index (χ0v) is 11.7. The largest absolute Gasteiger partial charge is 0.309 e. The third-order valence-corrected chi connectivity index (χ3v) is 3.65. The van der Waals surface area contributed by atoms with E-state index < -0.39 is 0 Å². The molecule has 1 nitrogen and oxygen atoms in total. The van der Waals surface area contributed by atoms with Gasteiger partial charge in [-0.2, -0.15) is 0 Å². The molecule has 92 valence electrons. The molecule has 0 radical (unpaired) electrons. The summed E-state index contributed by atoms with van der Waals surface area (Å²) in [6, 6.07) is 7.02. The highest BCUT2D eigenvalue weighted by molar-refractivity contribution is 7.99. The van der Waals surface area contributed by atoms with Crippen LogP contribution >= 0.6 is 11.8 Å². The van der Waals surface area contributed by atoms with Crippen LogP contribution in [0.25, 0.3) is 0 Å². The van der Waals surface area contributed by atoms with Crippen molar-refractivity contribution in [1.29, 1.82) is 0 Å². The molecule has 0 aliphatic heterocycles. The van der Waals surface area contributed by atoms with Crippen LogP contribution in [0.4, 0.5) is 0 Å². The first kappa shape index (κ1) is 14.2. The lowest BCUT2D eigenvalue weighted by molar-refractivity contribution is 0.598. The van der Waals surface area contributed by atoms with Gasteiger partial charge in [-0.25, -0.2) is 0 Å². The quantitative estimate of drug-likeness (QED) is 0.611. The lowest BCUT2D eigenvalue weighted by Crippen LogP contribution is -2.22. The molecule has 17 heavy (non-hydrogen) atoms. The van der Waals surface area contributed by atoms with Crippen LogP contribution < -0.4 is 5.32 Å². The normalized spacial score (nSPS) is 12.1. The van der Waals surface area contributed by atoms with E-state index in [-0.39, 0.29) is 0 Å². The maximum absolute atomic E-state index is 5.21. The third-order valence-electron chi connectivity index (χ3n) is 2.78. The minimum absolute atomic E-state index is 0.404. The van der Waals surface area contributed by atoms with E-state index in [0.717, 1.165) is 18.1 Å². The van der Waals surface area contributed by atoms with Gasteiger partial charge in [0.25, 0.3) is 0 Å². The molecule has 1 atom stereocenters. The van der Waals surface area contributed by atoms with Crippen molar-refractivity contribution in [2.45, 2.75) is 26.8 Å². The van der Waals surface area contributed by atoms with Crippen LogP contribution in [0.3, 0.4) is 0 Å². The Bertz CT molecular complexity index is 392. The van der Waals surface area contributed by atoms with Crippen LogP contribution in [0.1, 0.15) is 29.7 Å². The average Bonchev–Trinajstić information content (AvgIpc) is 2.32. The van der Waals surface area contributed by atoms with E-state index in [9.17, 15) is 0 Å². The van der Waals surface area contributed by atoms with Gasteiger partial charge in [-0.3, -0.25) is 0 Å². The zero-order chi connectivity index (χ0) is 12.7. The molecule has 0 aromatic heterocycles. The fraction of sp³-hybridized carbons (Fsp3) is 0.467. The predicted octanol–water partition coefficient (Wildman–Crippen LogP) is 3.32. The van der Waals surface area contributed by atoms with E-state index in [1.807, 2.05) is 0 Å². The second kappa shape index (κ2) is 7.42. The summed E-state index contributed by atoms with van der Waals surface area (Å²) in [5, 5.41) is 3.54. The molecule has 1 aromatic rings. The summed E-state index contributed by atoms with van der Waals surface area (Å²) in [4.78, 5) is 0. The molecule has 0 bridgehead atoms. The molecule has 0 aliphatic rings. The summed E-state index contributed by atoms with van der Waals surface area (Å²) in [7, 11) is 0. The Labute approximate surface area is 109 Å². The van der Waals surface area contributed by atoms with Crippen molar-refractivity contribution in [1.82, 2.24) is 5.32 Å². The van der Waals surface area contributed by atoms with E-state index in [2.05, 4.69) is 50.2 Å². The Kier molecular flexibility index (Phi) is 6.18. The van der Waals surface area contributed by atoms with Crippen molar-refractivity contribution < 1.29 is 0 Å². The van der Waals surface area contributed by atoms with Gasteiger partial charge in [0.05, 0.1) is 5.75 Å². The van der Waals surface area contributed by atoms with Crippen molar-refractivity contribution in [3.05, 3.63) is 34.9 Å². The van der Waals surface area contributed by atoms with Crippen molar-refractivity contribution >= 4 is 11.8 Å². The topological polar surface area (TPSA) is 12.0 Å². The minimum atomic E-state index is 0.404. The van der Waals surface area contributed by atoms with E-state index in [0.29, 0.717) is 6.04 Å². The molecule has 0 amide bonds. The Hall–Kier alpha value is -0.910. The number of benzene rings is 1. The Morgan fingerprint density at radius 3 is 2.88 bits per heavy atom. The van der Waals surface area contributed by atoms with Crippen molar-refractivity contribution in [3.8, 4) is 12.3 Å². The summed E-state index contributed by atoms with van der Waals surface area (Å²) in [5.41, 5.74) is 4.07. The second-order valence-electron chi connectivity index (χ2n) is 4.29. The molecule has 0 saturated carbocycles. The van der Waals surface area contributed by atoms with Gasteiger partial charge in [0.2, 0.25) is 0 Å². The number of thioether (sulfide) groups is 1. The minimum Gasteiger partial charge on any atom is -0.309 e. The molecule has 0 heterocycles. The first-order chi connectivity index (χ1) is 8.15. The maximum Gasteiger partial charge on any atom is 0.0545 e. The smallest absolute Gasteiger partial charge is 0.0545 e. The van der Waals surface area contributed by atoms with Crippen LogP contribution in [0.15, 0.2) is 18.2 Å². The molecule has 0 saturated heterocycles. The predicted molar refractivity (Wildman–Crippen MR) is 78.5 cm³/mol. The Morgan fingerprint density at radius 2 is 2.18 bits per heavy atom. The van der Waals surface area contributed by atoms with Crippen molar-refractivity contribution in [2.24, 2.45) is 0 Å². The first-order valence-corrected chi connectivity index (χ1v) is 7.12. The number of terminal acetylenes is 1. The van der Waals surface area contributed by atoms with Crippen LogP contribution in [-0.2, 0) is 0 Å².